The lowest BCUT2D eigenvalue weighted by atomic mass is 10.1. The van der Waals surface area contributed by atoms with Gasteiger partial charge >= 0.3 is 0 Å². The first-order valence-corrected chi connectivity index (χ1v) is 9.15. The largest absolute Gasteiger partial charge is 0.496 e. The van der Waals surface area contributed by atoms with Gasteiger partial charge in [0.05, 0.1) is 12.8 Å². The Hall–Kier alpha value is -2.67. The molecule has 0 fully saturated rings. The zero-order valence-corrected chi connectivity index (χ0v) is 16.0. The summed E-state index contributed by atoms with van der Waals surface area (Å²) in [5.41, 5.74) is 4.80. The molecule has 0 aliphatic rings. The van der Waals surface area contributed by atoms with Crippen LogP contribution in [0.25, 0.3) is 5.69 Å². The normalized spacial score (nSPS) is 10.8. The van der Waals surface area contributed by atoms with Gasteiger partial charge in [-0.15, -0.1) is 5.10 Å². The van der Waals surface area contributed by atoms with E-state index in [-0.39, 0.29) is 5.78 Å². The summed E-state index contributed by atoms with van der Waals surface area (Å²) in [7, 11) is 1.62. The van der Waals surface area contributed by atoms with Crippen molar-refractivity contribution in [3.63, 3.8) is 0 Å². The van der Waals surface area contributed by atoms with E-state index >= 15 is 0 Å². The number of ether oxygens (including phenoxy) is 1. The molecule has 6 nitrogen and oxygen atoms in total. The molecular formula is C19H20N4O2S. The summed E-state index contributed by atoms with van der Waals surface area (Å²) in [4.78, 5) is 11.7. The van der Waals surface area contributed by atoms with Crippen LogP contribution in [0.4, 0.5) is 0 Å². The molecule has 0 saturated carbocycles. The summed E-state index contributed by atoms with van der Waals surface area (Å²) in [6, 6.07) is 11.6. The van der Waals surface area contributed by atoms with E-state index in [1.54, 1.807) is 24.8 Å². The van der Waals surface area contributed by atoms with Crippen molar-refractivity contribution < 1.29 is 9.53 Å². The molecule has 3 aromatic rings. The maximum Gasteiger partial charge on any atom is 0.214 e. The number of nitrogens with zero attached hydrogens (tertiary/aromatic N) is 4. The third-order valence-electron chi connectivity index (χ3n) is 4.08. The Morgan fingerprint density at radius 1 is 1.19 bits per heavy atom. The molecule has 0 spiro atoms. The Morgan fingerprint density at radius 3 is 2.73 bits per heavy atom. The van der Waals surface area contributed by atoms with Crippen LogP contribution in [0.5, 0.6) is 5.75 Å². The van der Waals surface area contributed by atoms with Crippen molar-refractivity contribution in [2.24, 2.45) is 0 Å². The zero-order valence-electron chi connectivity index (χ0n) is 15.2. The van der Waals surface area contributed by atoms with Gasteiger partial charge in [0, 0.05) is 16.9 Å². The van der Waals surface area contributed by atoms with Gasteiger partial charge in [-0.3, -0.25) is 4.79 Å². The van der Waals surface area contributed by atoms with E-state index in [1.807, 2.05) is 26.0 Å². The molecular weight excluding hydrogens is 348 g/mol. The molecule has 26 heavy (non-hydrogen) atoms. The Balaban J connectivity index is 1.88. The van der Waals surface area contributed by atoms with Gasteiger partial charge in [-0.25, -0.2) is 0 Å². The number of hydrogen-bond donors (Lipinski definition) is 0. The van der Waals surface area contributed by atoms with Crippen molar-refractivity contribution in [2.45, 2.75) is 31.7 Å². The molecule has 0 atom stereocenters. The molecule has 0 N–H and O–H groups in total. The predicted octanol–water partition coefficient (Wildman–Crippen LogP) is 3.78. The Labute approximate surface area is 156 Å². The molecule has 0 radical (unpaired) electrons. The summed E-state index contributed by atoms with van der Waals surface area (Å²) in [6.45, 7) is 5.63. The van der Waals surface area contributed by atoms with Crippen molar-refractivity contribution >= 4 is 17.5 Å². The van der Waals surface area contributed by atoms with Crippen LogP contribution in [0.3, 0.4) is 0 Å². The maximum absolute atomic E-state index is 11.7. The number of Topliss-reactive ketones (excluding diaryl/α,β-unsaturated/α-hetero) is 1. The van der Waals surface area contributed by atoms with Gasteiger partial charge in [0.25, 0.3) is 0 Å². The summed E-state index contributed by atoms with van der Waals surface area (Å²) in [5, 5.41) is 12.8. The van der Waals surface area contributed by atoms with Crippen LogP contribution in [-0.4, -0.2) is 33.1 Å². The maximum atomic E-state index is 11.7. The molecule has 0 amide bonds. The van der Waals surface area contributed by atoms with Gasteiger partial charge in [0.2, 0.25) is 5.16 Å². The minimum absolute atomic E-state index is 0.0270. The Morgan fingerprint density at radius 2 is 2.00 bits per heavy atom. The minimum atomic E-state index is 0.0270. The highest BCUT2D eigenvalue weighted by atomic mass is 32.2. The highest BCUT2D eigenvalue weighted by molar-refractivity contribution is 7.98. The molecule has 0 aliphatic heterocycles. The lowest BCUT2D eigenvalue weighted by molar-refractivity contribution is 0.101. The van der Waals surface area contributed by atoms with Crippen LogP contribution >= 0.6 is 11.8 Å². The quantitative estimate of drug-likeness (QED) is 0.487. The molecule has 1 aromatic heterocycles. The second-order valence-corrected chi connectivity index (χ2v) is 6.98. The number of methoxy groups -OCH3 is 1. The molecule has 1 heterocycles. The summed E-state index contributed by atoms with van der Waals surface area (Å²) < 4.78 is 7.16. The summed E-state index contributed by atoms with van der Waals surface area (Å²) >= 11 is 1.50. The molecule has 0 unspecified atom stereocenters. The number of tetrazole rings is 1. The Bertz CT molecular complexity index is 952. The minimum Gasteiger partial charge on any atom is -0.496 e. The van der Waals surface area contributed by atoms with Crippen molar-refractivity contribution in [1.29, 1.82) is 0 Å². The van der Waals surface area contributed by atoms with Gasteiger partial charge in [0.15, 0.2) is 5.78 Å². The van der Waals surface area contributed by atoms with Gasteiger partial charge < -0.3 is 4.74 Å². The van der Waals surface area contributed by atoms with E-state index in [1.165, 1.54) is 11.8 Å². The summed E-state index contributed by atoms with van der Waals surface area (Å²) in [6.07, 6.45) is 0. The van der Waals surface area contributed by atoms with Crippen molar-refractivity contribution in [1.82, 2.24) is 20.2 Å². The molecule has 0 saturated heterocycles. The van der Waals surface area contributed by atoms with E-state index in [0.29, 0.717) is 16.5 Å². The van der Waals surface area contributed by atoms with Crippen LogP contribution in [0.15, 0.2) is 41.6 Å². The Kier molecular flexibility index (Phi) is 5.37. The smallest absolute Gasteiger partial charge is 0.214 e. The molecule has 0 aliphatic carbocycles. The second-order valence-electron chi connectivity index (χ2n) is 6.03. The highest BCUT2D eigenvalue weighted by Crippen LogP contribution is 2.29. The van der Waals surface area contributed by atoms with Crippen LogP contribution in [0.1, 0.15) is 34.0 Å². The van der Waals surface area contributed by atoms with Crippen LogP contribution in [0.2, 0.25) is 0 Å². The first-order chi connectivity index (χ1) is 12.5. The van der Waals surface area contributed by atoms with Crippen LogP contribution in [0, 0.1) is 13.8 Å². The van der Waals surface area contributed by atoms with Crippen molar-refractivity contribution in [3.05, 3.63) is 58.7 Å². The number of thioether (sulfide) groups is 1. The number of aryl methyl sites for hydroxylation is 2. The molecule has 134 valence electrons. The molecule has 7 heteroatoms. The fourth-order valence-electron chi connectivity index (χ4n) is 2.62. The number of hydrogen-bond acceptors (Lipinski definition) is 6. The SMILES string of the molecule is COc1ccc(C(C)=O)cc1CSc1nnnn1-c1cc(C)ccc1C. The molecule has 3 rings (SSSR count). The first kappa shape index (κ1) is 18.1. The fourth-order valence-corrected chi connectivity index (χ4v) is 3.48. The van der Waals surface area contributed by atoms with E-state index < -0.39 is 0 Å². The number of carbonyl (C=O) groups is 1. The average molecular weight is 368 g/mol. The summed E-state index contributed by atoms with van der Waals surface area (Å²) in [5.74, 6) is 1.36. The van der Waals surface area contributed by atoms with E-state index in [9.17, 15) is 4.79 Å². The number of carbonyl (C=O) groups excluding carboxylic acids is 1. The van der Waals surface area contributed by atoms with Crippen LogP contribution in [-0.2, 0) is 5.75 Å². The first-order valence-electron chi connectivity index (χ1n) is 8.16. The monoisotopic (exact) mass is 368 g/mol. The third kappa shape index (κ3) is 3.77. The lowest BCUT2D eigenvalue weighted by Gasteiger charge is -2.11. The van der Waals surface area contributed by atoms with Gasteiger partial charge in [-0.1, -0.05) is 23.9 Å². The van der Waals surface area contributed by atoms with E-state index in [4.69, 9.17) is 4.74 Å². The van der Waals surface area contributed by atoms with Gasteiger partial charge in [-0.2, -0.15) is 4.68 Å². The van der Waals surface area contributed by atoms with Crippen molar-refractivity contribution in [2.75, 3.05) is 7.11 Å². The van der Waals surface area contributed by atoms with Gasteiger partial charge in [-0.05, 0) is 66.6 Å². The molecule has 2 aromatic carbocycles. The standard InChI is InChI=1S/C19H20N4O2S/c1-12-5-6-13(2)17(9-12)23-19(20-21-22-23)26-11-16-10-15(14(3)24)7-8-18(16)25-4/h5-10H,11H2,1-4H3. The van der Waals surface area contributed by atoms with E-state index in [0.717, 1.165) is 28.1 Å². The zero-order chi connectivity index (χ0) is 18.7. The third-order valence-corrected chi connectivity index (χ3v) is 5.05. The van der Waals surface area contributed by atoms with Crippen molar-refractivity contribution in [3.8, 4) is 11.4 Å². The highest BCUT2D eigenvalue weighted by Gasteiger charge is 2.14. The fraction of sp³-hybridized carbons (Fsp3) is 0.263. The number of benzene rings is 2. The van der Waals surface area contributed by atoms with Crippen LogP contribution < -0.4 is 4.74 Å². The molecule has 0 bridgehead atoms. The van der Waals surface area contributed by atoms with Gasteiger partial charge in [0.1, 0.15) is 5.75 Å². The van der Waals surface area contributed by atoms with E-state index in [2.05, 4.69) is 33.7 Å². The lowest BCUT2D eigenvalue weighted by Crippen LogP contribution is -2.02. The average Bonchev–Trinajstić information content (AvgIpc) is 3.10. The topological polar surface area (TPSA) is 69.9 Å². The second kappa shape index (κ2) is 7.70. The number of ketones is 1. The number of aromatic nitrogens is 4. The number of rotatable bonds is 6. The predicted molar refractivity (Wildman–Crippen MR) is 101 cm³/mol.